The summed E-state index contributed by atoms with van der Waals surface area (Å²) in [5.41, 5.74) is 1.20. The van der Waals surface area contributed by atoms with Crippen LogP contribution in [0.15, 0.2) is 28.7 Å². The Balaban J connectivity index is 2.57. The highest BCUT2D eigenvalue weighted by atomic mass is 79.9. The molecule has 0 heterocycles. The van der Waals surface area contributed by atoms with E-state index in [-0.39, 0.29) is 6.10 Å². The second-order valence-electron chi connectivity index (χ2n) is 2.95. The Morgan fingerprint density at radius 1 is 1.33 bits per heavy atom. The van der Waals surface area contributed by atoms with Crippen molar-refractivity contribution in [1.82, 2.24) is 0 Å². The summed E-state index contributed by atoms with van der Waals surface area (Å²) in [6.07, 6.45) is 0.289. The standard InChI is InChI=1S/C10H13BrO/c1-8(2)12-7-9-5-3-4-6-10(9)11/h3-6,8H,7H2,1-2H3. The van der Waals surface area contributed by atoms with Crippen LogP contribution in [0.2, 0.25) is 0 Å². The number of halogens is 1. The maximum atomic E-state index is 5.48. The maximum absolute atomic E-state index is 5.48. The fourth-order valence-corrected chi connectivity index (χ4v) is 1.27. The number of benzene rings is 1. The van der Waals surface area contributed by atoms with E-state index in [1.165, 1.54) is 5.56 Å². The normalized spacial score (nSPS) is 10.7. The van der Waals surface area contributed by atoms with Gasteiger partial charge in [-0.1, -0.05) is 34.1 Å². The molecule has 0 saturated heterocycles. The Kier molecular flexibility index (Phi) is 3.76. The predicted molar refractivity (Wildman–Crippen MR) is 54.1 cm³/mol. The van der Waals surface area contributed by atoms with E-state index < -0.39 is 0 Å². The molecule has 0 aliphatic heterocycles. The first-order valence-electron chi connectivity index (χ1n) is 4.05. The van der Waals surface area contributed by atoms with Crippen molar-refractivity contribution in [2.45, 2.75) is 26.6 Å². The molecular formula is C10H13BrO. The summed E-state index contributed by atoms with van der Waals surface area (Å²) in [5, 5.41) is 0. The van der Waals surface area contributed by atoms with E-state index in [1.54, 1.807) is 0 Å². The second-order valence-corrected chi connectivity index (χ2v) is 3.81. The van der Waals surface area contributed by atoms with Crippen molar-refractivity contribution in [3.8, 4) is 0 Å². The smallest absolute Gasteiger partial charge is 0.0731 e. The van der Waals surface area contributed by atoms with Crippen molar-refractivity contribution in [3.05, 3.63) is 34.3 Å². The van der Waals surface area contributed by atoms with Gasteiger partial charge >= 0.3 is 0 Å². The first kappa shape index (κ1) is 9.75. The average Bonchev–Trinajstić information content (AvgIpc) is 2.03. The van der Waals surface area contributed by atoms with Crippen LogP contribution in [-0.2, 0) is 11.3 Å². The molecule has 0 unspecified atom stereocenters. The van der Waals surface area contributed by atoms with Crippen molar-refractivity contribution in [3.63, 3.8) is 0 Å². The molecule has 66 valence electrons. The van der Waals surface area contributed by atoms with Crippen LogP contribution in [-0.4, -0.2) is 6.10 Å². The third kappa shape index (κ3) is 2.95. The lowest BCUT2D eigenvalue weighted by Gasteiger charge is -2.08. The van der Waals surface area contributed by atoms with E-state index >= 15 is 0 Å². The van der Waals surface area contributed by atoms with E-state index in [9.17, 15) is 0 Å². The summed E-state index contributed by atoms with van der Waals surface area (Å²) < 4.78 is 6.60. The molecule has 0 bridgehead atoms. The molecule has 0 radical (unpaired) electrons. The van der Waals surface area contributed by atoms with Gasteiger partial charge in [-0.15, -0.1) is 0 Å². The van der Waals surface area contributed by atoms with Crippen LogP contribution in [0.25, 0.3) is 0 Å². The van der Waals surface area contributed by atoms with E-state index in [0.29, 0.717) is 6.61 Å². The highest BCUT2D eigenvalue weighted by Crippen LogP contribution is 2.16. The fourth-order valence-electron chi connectivity index (χ4n) is 0.872. The average molecular weight is 229 g/mol. The van der Waals surface area contributed by atoms with Crippen LogP contribution in [0.4, 0.5) is 0 Å². The van der Waals surface area contributed by atoms with Gasteiger partial charge in [-0.3, -0.25) is 0 Å². The zero-order valence-electron chi connectivity index (χ0n) is 7.38. The van der Waals surface area contributed by atoms with Crippen LogP contribution in [0.5, 0.6) is 0 Å². The van der Waals surface area contributed by atoms with Gasteiger partial charge in [0.15, 0.2) is 0 Å². The molecule has 0 saturated carbocycles. The molecule has 0 spiro atoms. The SMILES string of the molecule is CC(C)OCc1ccccc1Br. The van der Waals surface area contributed by atoms with Crippen LogP contribution < -0.4 is 0 Å². The van der Waals surface area contributed by atoms with E-state index in [0.717, 1.165) is 4.47 Å². The van der Waals surface area contributed by atoms with Gasteiger partial charge in [0.25, 0.3) is 0 Å². The Bertz CT molecular complexity index is 245. The lowest BCUT2D eigenvalue weighted by Crippen LogP contribution is -2.02. The van der Waals surface area contributed by atoms with Crippen LogP contribution >= 0.6 is 15.9 Å². The molecule has 0 atom stereocenters. The molecule has 1 aromatic carbocycles. The summed E-state index contributed by atoms with van der Waals surface area (Å²) >= 11 is 3.47. The van der Waals surface area contributed by atoms with Crippen LogP contribution in [0.1, 0.15) is 19.4 Å². The molecule has 0 amide bonds. The summed E-state index contributed by atoms with van der Waals surface area (Å²) in [6.45, 7) is 4.76. The molecule has 1 nitrogen and oxygen atoms in total. The highest BCUT2D eigenvalue weighted by Gasteiger charge is 1.99. The Labute approximate surface area is 81.9 Å². The molecule has 1 aromatic rings. The zero-order valence-corrected chi connectivity index (χ0v) is 8.97. The summed E-state index contributed by atoms with van der Waals surface area (Å²) in [5.74, 6) is 0. The number of ether oxygens (including phenoxy) is 1. The number of rotatable bonds is 3. The highest BCUT2D eigenvalue weighted by molar-refractivity contribution is 9.10. The van der Waals surface area contributed by atoms with Crippen molar-refractivity contribution in [2.24, 2.45) is 0 Å². The fraction of sp³-hybridized carbons (Fsp3) is 0.400. The molecular weight excluding hydrogens is 216 g/mol. The topological polar surface area (TPSA) is 9.23 Å². The van der Waals surface area contributed by atoms with Gasteiger partial charge in [0.2, 0.25) is 0 Å². The monoisotopic (exact) mass is 228 g/mol. The number of hydrogen-bond donors (Lipinski definition) is 0. The lowest BCUT2D eigenvalue weighted by atomic mass is 10.2. The van der Waals surface area contributed by atoms with Crippen molar-refractivity contribution >= 4 is 15.9 Å². The lowest BCUT2D eigenvalue weighted by molar-refractivity contribution is 0.0654. The third-order valence-electron chi connectivity index (χ3n) is 1.53. The quantitative estimate of drug-likeness (QED) is 0.772. The van der Waals surface area contributed by atoms with Gasteiger partial charge in [-0.25, -0.2) is 0 Å². The molecule has 0 aliphatic carbocycles. The Morgan fingerprint density at radius 2 is 2.00 bits per heavy atom. The summed E-state index contributed by atoms with van der Waals surface area (Å²) in [6, 6.07) is 8.11. The van der Waals surface area contributed by atoms with Crippen LogP contribution in [0, 0.1) is 0 Å². The van der Waals surface area contributed by atoms with Crippen LogP contribution in [0.3, 0.4) is 0 Å². The van der Waals surface area contributed by atoms with E-state index in [2.05, 4.69) is 22.0 Å². The maximum Gasteiger partial charge on any atom is 0.0731 e. The molecule has 0 aromatic heterocycles. The minimum absolute atomic E-state index is 0.289. The molecule has 0 fully saturated rings. The minimum Gasteiger partial charge on any atom is -0.374 e. The van der Waals surface area contributed by atoms with Crippen molar-refractivity contribution in [2.75, 3.05) is 0 Å². The first-order chi connectivity index (χ1) is 5.70. The van der Waals surface area contributed by atoms with Crippen molar-refractivity contribution < 1.29 is 4.74 Å². The molecule has 0 aliphatic rings. The summed E-state index contributed by atoms with van der Waals surface area (Å²) in [7, 11) is 0. The second kappa shape index (κ2) is 4.63. The molecule has 12 heavy (non-hydrogen) atoms. The molecule has 1 rings (SSSR count). The zero-order chi connectivity index (χ0) is 8.97. The van der Waals surface area contributed by atoms with Gasteiger partial charge in [0.05, 0.1) is 12.7 Å². The first-order valence-corrected chi connectivity index (χ1v) is 4.84. The number of hydrogen-bond acceptors (Lipinski definition) is 1. The van der Waals surface area contributed by atoms with Gasteiger partial charge in [-0.05, 0) is 25.5 Å². The summed E-state index contributed by atoms with van der Waals surface area (Å²) in [4.78, 5) is 0. The minimum atomic E-state index is 0.289. The predicted octanol–water partition coefficient (Wildman–Crippen LogP) is 3.37. The van der Waals surface area contributed by atoms with E-state index in [1.807, 2.05) is 32.0 Å². The Hall–Kier alpha value is -0.340. The van der Waals surface area contributed by atoms with Gasteiger partial charge < -0.3 is 4.74 Å². The largest absolute Gasteiger partial charge is 0.374 e. The third-order valence-corrected chi connectivity index (χ3v) is 2.30. The molecule has 2 heteroatoms. The van der Waals surface area contributed by atoms with Crippen molar-refractivity contribution in [1.29, 1.82) is 0 Å². The van der Waals surface area contributed by atoms with Gasteiger partial charge in [0, 0.05) is 4.47 Å². The molecule has 0 N–H and O–H groups in total. The van der Waals surface area contributed by atoms with E-state index in [4.69, 9.17) is 4.74 Å². The van der Waals surface area contributed by atoms with Gasteiger partial charge in [0.1, 0.15) is 0 Å². The Morgan fingerprint density at radius 3 is 2.58 bits per heavy atom. The van der Waals surface area contributed by atoms with Gasteiger partial charge in [-0.2, -0.15) is 0 Å².